The highest BCUT2D eigenvalue weighted by molar-refractivity contribution is 5.98. The van der Waals surface area contributed by atoms with E-state index in [-0.39, 0.29) is 11.7 Å². The Morgan fingerprint density at radius 1 is 1.08 bits per heavy atom. The zero-order valence-electron chi connectivity index (χ0n) is 15.3. The van der Waals surface area contributed by atoms with E-state index < -0.39 is 0 Å². The van der Waals surface area contributed by atoms with Crippen LogP contribution >= 0.6 is 0 Å². The highest BCUT2D eigenvalue weighted by atomic mass is 19.1. The molecule has 0 aromatic heterocycles. The molecule has 1 amide bonds. The second-order valence-corrected chi connectivity index (χ2v) is 6.28. The van der Waals surface area contributed by atoms with Gasteiger partial charge in [0, 0.05) is 26.6 Å². The number of halogens is 1. The summed E-state index contributed by atoms with van der Waals surface area (Å²) in [6.07, 6.45) is 0.881. The Balaban J connectivity index is 1.77. The quantitative estimate of drug-likeness (QED) is 0.823. The molecule has 0 saturated heterocycles. The Labute approximate surface area is 152 Å². The second kappa shape index (κ2) is 7.64. The van der Waals surface area contributed by atoms with Gasteiger partial charge in [0.25, 0.3) is 0 Å². The lowest BCUT2D eigenvalue weighted by Gasteiger charge is -2.35. The smallest absolute Gasteiger partial charge is 0.227 e. The van der Waals surface area contributed by atoms with Crippen LogP contribution in [0.25, 0.3) is 0 Å². The highest BCUT2D eigenvalue weighted by Crippen LogP contribution is 2.33. The van der Waals surface area contributed by atoms with Crippen molar-refractivity contribution in [3.63, 3.8) is 0 Å². The van der Waals surface area contributed by atoms with Crippen molar-refractivity contribution in [2.45, 2.75) is 12.8 Å². The van der Waals surface area contributed by atoms with Gasteiger partial charge in [-0.3, -0.25) is 4.79 Å². The number of ether oxygens (including phenoxy) is 2. The monoisotopic (exact) mass is 358 g/mol. The van der Waals surface area contributed by atoms with Crippen LogP contribution in [0.2, 0.25) is 0 Å². The average Bonchev–Trinajstić information content (AvgIpc) is 2.66. The molecule has 1 aliphatic rings. The molecule has 0 saturated carbocycles. The summed E-state index contributed by atoms with van der Waals surface area (Å²) in [5.74, 6) is 1.18. The van der Waals surface area contributed by atoms with Gasteiger partial charge in [-0.1, -0.05) is 0 Å². The molecule has 1 aliphatic heterocycles. The molecule has 0 radical (unpaired) electrons. The topological polar surface area (TPSA) is 42.0 Å². The molecule has 0 N–H and O–H groups in total. The fraction of sp³-hybridized carbons (Fsp3) is 0.350. The lowest BCUT2D eigenvalue weighted by molar-refractivity contribution is -0.118. The molecule has 0 atom stereocenters. The summed E-state index contributed by atoms with van der Waals surface area (Å²) in [6, 6.07) is 10.1. The molecule has 0 bridgehead atoms. The fourth-order valence-electron chi connectivity index (χ4n) is 3.23. The maximum atomic E-state index is 13.6. The van der Waals surface area contributed by atoms with E-state index in [2.05, 4.69) is 0 Å². The van der Waals surface area contributed by atoms with Crippen molar-refractivity contribution in [2.24, 2.45) is 0 Å². The molecule has 138 valence electrons. The molecule has 0 unspecified atom stereocenters. The molecular weight excluding hydrogens is 335 g/mol. The van der Waals surface area contributed by atoms with Gasteiger partial charge in [0.15, 0.2) is 0 Å². The van der Waals surface area contributed by atoms with E-state index in [4.69, 9.17) is 9.47 Å². The summed E-state index contributed by atoms with van der Waals surface area (Å²) in [5, 5.41) is 0. The van der Waals surface area contributed by atoms with Gasteiger partial charge in [0.1, 0.15) is 17.3 Å². The fourth-order valence-corrected chi connectivity index (χ4v) is 3.23. The van der Waals surface area contributed by atoms with Crippen molar-refractivity contribution < 1.29 is 18.7 Å². The lowest BCUT2D eigenvalue weighted by Crippen LogP contribution is -2.42. The molecule has 26 heavy (non-hydrogen) atoms. The van der Waals surface area contributed by atoms with Crippen LogP contribution in [0.3, 0.4) is 0 Å². The summed E-state index contributed by atoms with van der Waals surface area (Å²) in [6.45, 7) is 1.26. The van der Waals surface area contributed by atoms with E-state index in [1.807, 2.05) is 30.1 Å². The molecule has 0 aliphatic carbocycles. The zero-order valence-corrected chi connectivity index (χ0v) is 15.3. The Bertz CT molecular complexity index is 810. The summed E-state index contributed by atoms with van der Waals surface area (Å²) in [5.41, 5.74) is 2.42. The number of aryl methyl sites for hydroxylation is 1. The molecule has 1 heterocycles. The number of anilines is 2. The van der Waals surface area contributed by atoms with E-state index in [0.29, 0.717) is 25.9 Å². The normalized spacial score (nSPS) is 13.4. The minimum atomic E-state index is -0.300. The van der Waals surface area contributed by atoms with Gasteiger partial charge in [0.2, 0.25) is 5.91 Å². The third-order valence-electron chi connectivity index (χ3n) is 4.70. The molecule has 2 aromatic rings. The van der Waals surface area contributed by atoms with E-state index in [9.17, 15) is 9.18 Å². The average molecular weight is 358 g/mol. The largest absolute Gasteiger partial charge is 0.497 e. The standard InChI is InChI=1S/C20H23FN2O3/c1-22-10-11-23(17-7-5-15(21)13-18(17)22)20(24)9-4-14-12-16(25-2)6-8-19(14)26-3/h5-8,12-13H,4,9-11H2,1-3H3. The third-order valence-corrected chi connectivity index (χ3v) is 4.70. The van der Waals surface area contributed by atoms with Crippen molar-refractivity contribution in [1.82, 2.24) is 0 Å². The van der Waals surface area contributed by atoms with E-state index in [0.717, 1.165) is 28.4 Å². The van der Waals surface area contributed by atoms with Crippen LogP contribution in [0.15, 0.2) is 36.4 Å². The van der Waals surface area contributed by atoms with Crippen LogP contribution in [0.4, 0.5) is 15.8 Å². The van der Waals surface area contributed by atoms with Gasteiger partial charge in [-0.15, -0.1) is 0 Å². The Kier molecular flexibility index (Phi) is 5.30. The van der Waals surface area contributed by atoms with Crippen LogP contribution in [0.1, 0.15) is 12.0 Å². The number of nitrogens with zero attached hydrogens (tertiary/aromatic N) is 2. The summed E-state index contributed by atoms with van der Waals surface area (Å²) < 4.78 is 24.2. The SMILES string of the molecule is COc1ccc(OC)c(CCC(=O)N2CCN(C)c3cc(F)ccc32)c1. The molecule has 2 aromatic carbocycles. The van der Waals surface area contributed by atoms with Crippen molar-refractivity contribution in [2.75, 3.05) is 44.2 Å². The van der Waals surface area contributed by atoms with Gasteiger partial charge >= 0.3 is 0 Å². The number of amides is 1. The first-order valence-electron chi connectivity index (χ1n) is 8.55. The summed E-state index contributed by atoms with van der Waals surface area (Å²) in [7, 11) is 5.12. The van der Waals surface area contributed by atoms with E-state index in [1.54, 1.807) is 25.2 Å². The van der Waals surface area contributed by atoms with Crippen LogP contribution in [0, 0.1) is 5.82 Å². The van der Waals surface area contributed by atoms with Crippen molar-refractivity contribution in [3.8, 4) is 11.5 Å². The first kappa shape index (κ1) is 18.0. The number of hydrogen-bond acceptors (Lipinski definition) is 4. The number of carbonyl (C=O) groups excluding carboxylic acids is 1. The van der Waals surface area contributed by atoms with Crippen LogP contribution in [-0.4, -0.2) is 40.3 Å². The van der Waals surface area contributed by atoms with Crippen LogP contribution in [-0.2, 0) is 11.2 Å². The Hall–Kier alpha value is -2.76. The van der Waals surface area contributed by atoms with E-state index >= 15 is 0 Å². The van der Waals surface area contributed by atoms with Crippen LogP contribution < -0.4 is 19.3 Å². The molecular formula is C20H23FN2O3. The zero-order chi connectivity index (χ0) is 18.7. The minimum Gasteiger partial charge on any atom is -0.497 e. The molecule has 3 rings (SSSR count). The first-order valence-corrected chi connectivity index (χ1v) is 8.55. The number of likely N-dealkylation sites (N-methyl/N-ethyl adjacent to an activating group) is 1. The summed E-state index contributed by atoms with van der Waals surface area (Å²) in [4.78, 5) is 16.5. The first-order chi connectivity index (χ1) is 12.5. The number of methoxy groups -OCH3 is 2. The van der Waals surface area contributed by atoms with Gasteiger partial charge in [-0.25, -0.2) is 4.39 Å². The van der Waals surface area contributed by atoms with Crippen molar-refractivity contribution in [3.05, 3.63) is 47.8 Å². The molecule has 0 spiro atoms. The number of benzene rings is 2. The number of hydrogen-bond donors (Lipinski definition) is 0. The summed E-state index contributed by atoms with van der Waals surface area (Å²) >= 11 is 0. The minimum absolute atomic E-state index is 0.0100. The maximum Gasteiger partial charge on any atom is 0.227 e. The predicted octanol–water partition coefficient (Wildman–Crippen LogP) is 3.26. The van der Waals surface area contributed by atoms with Crippen LogP contribution in [0.5, 0.6) is 11.5 Å². The number of carbonyl (C=O) groups is 1. The molecule has 6 heteroatoms. The predicted molar refractivity (Wildman–Crippen MR) is 99.9 cm³/mol. The van der Waals surface area contributed by atoms with Gasteiger partial charge in [-0.05, 0) is 48.4 Å². The maximum absolute atomic E-state index is 13.6. The van der Waals surface area contributed by atoms with Crippen molar-refractivity contribution in [1.29, 1.82) is 0 Å². The van der Waals surface area contributed by atoms with Gasteiger partial charge in [-0.2, -0.15) is 0 Å². The number of rotatable bonds is 5. The Morgan fingerprint density at radius 3 is 2.62 bits per heavy atom. The van der Waals surface area contributed by atoms with E-state index in [1.165, 1.54) is 12.1 Å². The number of fused-ring (bicyclic) bond motifs is 1. The van der Waals surface area contributed by atoms with Gasteiger partial charge < -0.3 is 19.3 Å². The van der Waals surface area contributed by atoms with Crippen molar-refractivity contribution >= 4 is 17.3 Å². The highest BCUT2D eigenvalue weighted by Gasteiger charge is 2.25. The lowest BCUT2D eigenvalue weighted by atomic mass is 10.1. The Morgan fingerprint density at radius 2 is 1.88 bits per heavy atom. The second-order valence-electron chi connectivity index (χ2n) is 6.28. The third kappa shape index (κ3) is 3.59. The van der Waals surface area contributed by atoms with Gasteiger partial charge in [0.05, 0.1) is 25.6 Å². The molecule has 0 fully saturated rings. The molecule has 5 nitrogen and oxygen atoms in total.